The number of nitrogens with one attached hydrogen (secondary N) is 1. The van der Waals surface area contributed by atoms with Crippen LogP contribution in [0.25, 0.3) is 0 Å². The smallest absolute Gasteiger partial charge is 0.328 e. The Hall–Kier alpha value is -1.76. The zero-order chi connectivity index (χ0) is 18.7. The van der Waals surface area contributed by atoms with Gasteiger partial charge in [-0.15, -0.1) is 0 Å². The van der Waals surface area contributed by atoms with Crippen LogP contribution in [-0.4, -0.2) is 36.9 Å². The van der Waals surface area contributed by atoms with E-state index in [0.717, 1.165) is 44.9 Å². The summed E-state index contributed by atoms with van der Waals surface area (Å²) in [6, 6.07) is 0. The third-order valence-corrected chi connectivity index (χ3v) is 4.45. The molecule has 4 N–H and O–H groups in total. The lowest BCUT2D eigenvalue weighted by molar-refractivity contribution is -0.137. The van der Waals surface area contributed by atoms with Crippen molar-refractivity contribution < 1.29 is 20.1 Å². The molecule has 1 unspecified atom stereocenters. The third-order valence-electron chi connectivity index (χ3n) is 4.45. The number of aromatic hydroxyl groups is 1. The van der Waals surface area contributed by atoms with Crippen LogP contribution in [0, 0.1) is 0 Å². The number of nitrogens with zero attached hydrogens (tertiary/aromatic N) is 1. The molecule has 7 heteroatoms. The highest BCUT2D eigenvalue weighted by atomic mass is 16.4. The van der Waals surface area contributed by atoms with Gasteiger partial charge in [0.25, 0.3) is 0 Å². The molecule has 0 aromatic carbocycles. The van der Waals surface area contributed by atoms with Crippen LogP contribution in [0.3, 0.4) is 0 Å². The van der Waals surface area contributed by atoms with Crippen molar-refractivity contribution in [2.45, 2.75) is 90.2 Å². The first-order valence-electron chi connectivity index (χ1n) is 9.36. The maximum absolute atomic E-state index is 11.9. The van der Waals surface area contributed by atoms with Crippen molar-refractivity contribution in [3.63, 3.8) is 0 Å². The Bertz CT molecular complexity index is 564. The lowest BCUT2D eigenvalue weighted by Crippen LogP contribution is -2.22. The monoisotopic (exact) mass is 356 g/mol. The standard InChI is InChI=1S/C18H32N2O5/c1-2-3-6-9-14(21)12-13-20-15(17(24)19-18(20)25)10-7-4-5-8-11-16(22)23/h14,21,24H,2-13H2,1H3,(H,19,25)(H,22,23). The first kappa shape index (κ1) is 21.3. The van der Waals surface area contributed by atoms with E-state index in [1.165, 1.54) is 4.57 Å². The Morgan fingerprint density at radius 2 is 1.84 bits per heavy atom. The minimum absolute atomic E-state index is 0.101. The maximum atomic E-state index is 11.9. The summed E-state index contributed by atoms with van der Waals surface area (Å²) < 4.78 is 1.51. The van der Waals surface area contributed by atoms with Crippen LogP contribution in [0.4, 0.5) is 0 Å². The fourth-order valence-corrected chi connectivity index (χ4v) is 2.96. The second kappa shape index (κ2) is 11.7. The summed E-state index contributed by atoms with van der Waals surface area (Å²) in [4.78, 5) is 24.8. The zero-order valence-electron chi connectivity index (χ0n) is 15.2. The highest BCUT2D eigenvalue weighted by Gasteiger charge is 2.14. The molecule has 25 heavy (non-hydrogen) atoms. The first-order valence-corrected chi connectivity index (χ1v) is 9.36. The molecule has 0 spiro atoms. The van der Waals surface area contributed by atoms with Crippen molar-refractivity contribution in [2.24, 2.45) is 0 Å². The average Bonchev–Trinajstić information content (AvgIpc) is 2.82. The zero-order valence-corrected chi connectivity index (χ0v) is 15.2. The van der Waals surface area contributed by atoms with Gasteiger partial charge in [-0.05, 0) is 32.1 Å². The van der Waals surface area contributed by atoms with E-state index in [4.69, 9.17) is 5.11 Å². The normalized spacial score (nSPS) is 12.4. The summed E-state index contributed by atoms with van der Waals surface area (Å²) in [5, 5.41) is 28.5. The van der Waals surface area contributed by atoms with Crippen LogP contribution in [0.2, 0.25) is 0 Å². The molecule has 1 atom stereocenters. The minimum Gasteiger partial charge on any atom is -0.493 e. The molecule has 0 aliphatic heterocycles. The molecular formula is C18H32N2O5. The molecule has 1 rings (SSSR count). The van der Waals surface area contributed by atoms with Gasteiger partial charge in [-0.2, -0.15) is 0 Å². The summed E-state index contributed by atoms with van der Waals surface area (Å²) in [5.74, 6) is -0.884. The van der Waals surface area contributed by atoms with Crippen molar-refractivity contribution in [1.29, 1.82) is 0 Å². The molecule has 144 valence electrons. The van der Waals surface area contributed by atoms with Crippen LogP contribution in [0.15, 0.2) is 4.79 Å². The van der Waals surface area contributed by atoms with Crippen LogP contribution < -0.4 is 5.69 Å². The Balaban J connectivity index is 2.44. The second-order valence-electron chi connectivity index (χ2n) is 6.62. The maximum Gasteiger partial charge on any atom is 0.328 e. The van der Waals surface area contributed by atoms with Crippen molar-refractivity contribution in [3.8, 4) is 5.88 Å². The molecule has 0 aliphatic carbocycles. The van der Waals surface area contributed by atoms with Gasteiger partial charge in [0.15, 0.2) is 0 Å². The van der Waals surface area contributed by atoms with Crippen molar-refractivity contribution in [2.75, 3.05) is 0 Å². The lowest BCUT2D eigenvalue weighted by Gasteiger charge is -2.12. The summed E-state index contributed by atoms with van der Waals surface area (Å²) in [7, 11) is 0. The predicted octanol–water partition coefficient (Wildman–Crippen LogP) is 2.79. The predicted molar refractivity (Wildman–Crippen MR) is 95.9 cm³/mol. The van der Waals surface area contributed by atoms with Gasteiger partial charge in [0, 0.05) is 13.0 Å². The molecule has 0 saturated heterocycles. The van der Waals surface area contributed by atoms with Crippen LogP contribution >= 0.6 is 0 Å². The summed E-state index contributed by atoms with van der Waals surface area (Å²) in [6.07, 6.45) is 7.81. The van der Waals surface area contributed by atoms with E-state index < -0.39 is 12.1 Å². The van der Waals surface area contributed by atoms with Crippen molar-refractivity contribution in [3.05, 3.63) is 16.2 Å². The number of carboxylic acids is 1. The average molecular weight is 356 g/mol. The van der Waals surface area contributed by atoms with E-state index >= 15 is 0 Å². The number of imidazole rings is 1. The van der Waals surface area contributed by atoms with E-state index in [1.54, 1.807) is 0 Å². The summed E-state index contributed by atoms with van der Waals surface area (Å²) in [5.41, 5.74) is 0.225. The molecule has 0 saturated carbocycles. The molecule has 0 fully saturated rings. The van der Waals surface area contributed by atoms with E-state index in [9.17, 15) is 19.8 Å². The molecule has 1 heterocycles. The molecule has 1 aromatic rings. The topological polar surface area (TPSA) is 116 Å². The number of unbranched alkanes of at least 4 members (excludes halogenated alkanes) is 5. The third kappa shape index (κ3) is 8.25. The van der Waals surface area contributed by atoms with Gasteiger partial charge in [0.2, 0.25) is 5.88 Å². The molecule has 0 radical (unpaired) electrons. The molecule has 0 amide bonds. The van der Waals surface area contributed by atoms with Crippen LogP contribution in [0.5, 0.6) is 5.88 Å². The Labute approximate surface area is 148 Å². The number of hydrogen-bond acceptors (Lipinski definition) is 4. The van der Waals surface area contributed by atoms with Gasteiger partial charge in [-0.25, -0.2) is 4.79 Å². The number of aromatic nitrogens is 2. The Kier molecular flexibility index (Phi) is 9.99. The highest BCUT2D eigenvalue weighted by Crippen LogP contribution is 2.17. The fraction of sp³-hybridized carbons (Fsp3) is 0.778. The first-order chi connectivity index (χ1) is 12.0. The highest BCUT2D eigenvalue weighted by molar-refractivity contribution is 5.66. The molecule has 0 bridgehead atoms. The van der Waals surface area contributed by atoms with Crippen molar-refractivity contribution >= 4 is 5.97 Å². The minimum atomic E-state index is -0.783. The summed E-state index contributed by atoms with van der Waals surface area (Å²) in [6.45, 7) is 2.50. The summed E-state index contributed by atoms with van der Waals surface area (Å²) >= 11 is 0. The van der Waals surface area contributed by atoms with Gasteiger partial charge < -0.3 is 15.3 Å². The lowest BCUT2D eigenvalue weighted by atomic mass is 10.1. The number of carboxylic acid groups (broad SMARTS) is 1. The second-order valence-corrected chi connectivity index (χ2v) is 6.62. The van der Waals surface area contributed by atoms with E-state index in [0.29, 0.717) is 31.5 Å². The van der Waals surface area contributed by atoms with Crippen LogP contribution in [-0.2, 0) is 17.8 Å². The Morgan fingerprint density at radius 3 is 2.52 bits per heavy atom. The fourth-order valence-electron chi connectivity index (χ4n) is 2.96. The molecule has 1 aromatic heterocycles. The number of aliphatic hydroxyl groups is 1. The van der Waals surface area contributed by atoms with Gasteiger partial charge >= 0.3 is 11.7 Å². The van der Waals surface area contributed by atoms with E-state index in [2.05, 4.69) is 11.9 Å². The largest absolute Gasteiger partial charge is 0.493 e. The molecule has 0 aliphatic rings. The van der Waals surface area contributed by atoms with Gasteiger partial charge in [-0.1, -0.05) is 39.0 Å². The molecular weight excluding hydrogens is 324 g/mol. The number of H-pyrrole nitrogens is 1. The van der Waals surface area contributed by atoms with Crippen molar-refractivity contribution in [1.82, 2.24) is 9.55 Å². The number of aliphatic hydroxyl groups excluding tert-OH is 1. The quantitative estimate of drug-likeness (QED) is 0.383. The van der Waals surface area contributed by atoms with E-state index in [1.807, 2.05) is 0 Å². The number of rotatable bonds is 14. The van der Waals surface area contributed by atoms with E-state index in [-0.39, 0.29) is 18.0 Å². The Morgan fingerprint density at radius 1 is 1.12 bits per heavy atom. The molecule has 7 nitrogen and oxygen atoms in total. The number of aliphatic carboxylic acids is 1. The van der Waals surface area contributed by atoms with Gasteiger partial charge in [0.1, 0.15) is 0 Å². The van der Waals surface area contributed by atoms with Crippen LogP contribution in [0.1, 0.15) is 76.8 Å². The number of aromatic amines is 1. The number of carbonyl (C=O) groups is 1. The van der Waals surface area contributed by atoms with Gasteiger partial charge in [-0.3, -0.25) is 14.3 Å². The van der Waals surface area contributed by atoms with Gasteiger partial charge in [0.05, 0.1) is 11.8 Å². The SMILES string of the molecule is CCCCCC(O)CCn1c(CCCCCCC(=O)O)c(O)[nH]c1=O. The number of hydrogen-bond donors (Lipinski definition) is 4.